The summed E-state index contributed by atoms with van der Waals surface area (Å²) >= 11 is 0. The van der Waals surface area contributed by atoms with Gasteiger partial charge in [-0.3, -0.25) is 4.79 Å². The summed E-state index contributed by atoms with van der Waals surface area (Å²) in [5.74, 6) is -1.70. The summed E-state index contributed by atoms with van der Waals surface area (Å²) in [7, 11) is 0. The molecule has 0 saturated carbocycles. The van der Waals surface area contributed by atoms with E-state index in [9.17, 15) is 9.59 Å². The lowest BCUT2D eigenvalue weighted by Crippen LogP contribution is -2.52. The lowest BCUT2D eigenvalue weighted by molar-refractivity contribution is -0.143. The number of aliphatic carboxylic acids is 1. The third kappa shape index (κ3) is 3.48. The molecule has 6 heteroatoms. The van der Waals surface area contributed by atoms with Crippen molar-refractivity contribution in [3.8, 4) is 0 Å². The van der Waals surface area contributed by atoms with E-state index < -0.39 is 24.0 Å². The number of hydrogen-bond donors (Lipinski definition) is 2. The van der Waals surface area contributed by atoms with E-state index in [2.05, 4.69) is 0 Å². The maximum absolute atomic E-state index is 11.9. The van der Waals surface area contributed by atoms with Crippen LogP contribution in [-0.2, 0) is 16.1 Å². The second kappa shape index (κ2) is 6.38. The lowest BCUT2D eigenvalue weighted by atomic mass is 9.93. The smallest absolute Gasteiger partial charge is 0.410 e. The summed E-state index contributed by atoms with van der Waals surface area (Å²) in [5.41, 5.74) is 6.64. The predicted molar refractivity (Wildman–Crippen MR) is 71.9 cm³/mol. The molecule has 2 unspecified atom stereocenters. The Hall–Kier alpha value is -2.08. The van der Waals surface area contributed by atoms with Crippen LogP contribution in [0.2, 0.25) is 0 Å². The molecule has 2 atom stereocenters. The van der Waals surface area contributed by atoms with Crippen LogP contribution in [0.15, 0.2) is 30.3 Å². The number of benzene rings is 1. The van der Waals surface area contributed by atoms with Crippen molar-refractivity contribution in [1.29, 1.82) is 0 Å². The van der Waals surface area contributed by atoms with Crippen LogP contribution in [0.25, 0.3) is 0 Å². The van der Waals surface area contributed by atoms with Gasteiger partial charge in [0.25, 0.3) is 0 Å². The molecule has 1 heterocycles. The van der Waals surface area contributed by atoms with Crippen molar-refractivity contribution in [2.24, 2.45) is 11.7 Å². The van der Waals surface area contributed by atoms with Gasteiger partial charge in [0, 0.05) is 19.1 Å². The first-order valence-corrected chi connectivity index (χ1v) is 6.52. The van der Waals surface area contributed by atoms with E-state index in [1.807, 2.05) is 30.3 Å². The highest BCUT2D eigenvalue weighted by molar-refractivity contribution is 5.74. The summed E-state index contributed by atoms with van der Waals surface area (Å²) in [4.78, 5) is 24.4. The minimum Gasteiger partial charge on any atom is -0.481 e. The van der Waals surface area contributed by atoms with Crippen LogP contribution in [0.4, 0.5) is 4.79 Å². The highest BCUT2D eigenvalue weighted by atomic mass is 16.6. The van der Waals surface area contributed by atoms with E-state index in [4.69, 9.17) is 15.6 Å². The van der Waals surface area contributed by atoms with Gasteiger partial charge < -0.3 is 20.5 Å². The van der Waals surface area contributed by atoms with Crippen molar-refractivity contribution in [1.82, 2.24) is 4.90 Å². The Balaban J connectivity index is 1.88. The zero-order valence-electron chi connectivity index (χ0n) is 11.1. The van der Waals surface area contributed by atoms with Gasteiger partial charge in [0.15, 0.2) is 0 Å². The van der Waals surface area contributed by atoms with E-state index in [0.29, 0.717) is 13.0 Å². The number of carbonyl (C=O) groups is 2. The Morgan fingerprint density at radius 3 is 2.70 bits per heavy atom. The van der Waals surface area contributed by atoms with Gasteiger partial charge in [-0.1, -0.05) is 30.3 Å². The Morgan fingerprint density at radius 2 is 2.05 bits per heavy atom. The Kier molecular flexibility index (Phi) is 4.57. The van der Waals surface area contributed by atoms with Crippen molar-refractivity contribution in [2.75, 3.05) is 13.1 Å². The molecule has 1 saturated heterocycles. The second-order valence-electron chi connectivity index (χ2n) is 4.88. The molecule has 1 amide bonds. The molecule has 1 aromatic carbocycles. The van der Waals surface area contributed by atoms with E-state index in [-0.39, 0.29) is 13.2 Å². The zero-order chi connectivity index (χ0) is 14.5. The van der Waals surface area contributed by atoms with Crippen LogP contribution in [0.1, 0.15) is 12.0 Å². The van der Waals surface area contributed by atoms with Gasteiger partial charge in [-0.15, -0.1) is 0 Å². The fraction of sp³-hybridized carbons (Fsp3) is 0.429. The molecule has 2 rings (SSSR count). The van der Waals surface area contributed by atoms with Crippen LogP contribution < -0.4 is 5.73 Å². The molecule has 0 spiro atoms. The predicted octanol–water partition coefficient (Wildman–Crippen LogP) is 1.06. The summed E-state index contributed by atoms with van der Waals surface area (Å²) in [5, 5.41) is 9.06. The molecular weight excluding hydrogens is 260 g/mol. The standard InChI is InChI=1S/C14H18N2O4/c15-12-6-7-16(8-11(12)13(17)18)14(19)20-9-10-4-2-1-3-5-10/h1-5,11-12H,6-9,15H2,(H,17,18). The highest BCUT2D eigenvalue weighted by Gasteiger charge is 2.34. The van der Waals surface area contributed by atoms with Crippen LogP contribution in [0, 0.1) is 5.92 Å². The normalized spacial score (nSPS) is 22.4. The maximum atomic E-state index is 11.9. The van der Waals surface area contributed by atoms with Crippen molar-refractivity contribution in [3.63, 3.8) is 0 Å². The SMILES string of the molecule is NC1CCN(C(=O)OCc2ccccc2)CC1C(=O)O. The number of carbonyl (C=O) groups excluding carboxylic acids is 1. The Labute approximate surface area is 117 Å². The number of carboxylic acids is 1. The van der Waals surface area contributed by atoms with Crippen molar-refractivity contribution < 1.29 is 19.4 Å². The van der Waals surface area contributed by atoms with Gasteiger partial charge in [-0.25, -0.2) is 4.79 Å². The second-order valence-corrected chi connectivity index (χ2v) is 4.88. The average Bonchev–Trinajstić information content (AvgIpc) is 2.46. The summed E-state index contributed by atoms with van der Waals surface area (Å²) in [6, 6.07) is 8.92. The van der Waals surface area contributed by atoms with E-state index in [1.54, 1.807) is 0 Å². The number of nitrogens with zero attached hydrogens (tertiary/aromatic N) is 1. The molecule has 20 heavy (non-hydrogen) atoms. The highest BCUT2D eigenvalue weighted by Crippen LogP contribution is 2.17. The lowest BCUT2D eigenvalue weighted by Gasteiger charge is -2.33. The molecule has 0 aliphatic carbocycles. The Bertz CT molecular complexity index is 477. The summed E-state index contributed by atoms with van der Waals surface area (Å²) in [6.07, 6.45) is -0.0239. The van der Waals surface area contributed by atoms with Crippen molar-refractivity contribution in [2.45, 2.75) is 19.1 Å². The number of amides is 1. The fourth-order valence-corrected chi connectivity index (χ4v) is 2.21. The average molecular weight is 278 g/mol. The Morgan fingerprint density at radius 1 is 1.35 bits per heavy atom. The zero-order valence-corrected chi connectivity index (χ0v) is 11.1. The largest absolute Gasteiger partial charge is 0.481 e. The molecule has 108 valence electrons. The van der Waals surface area contributed by atoms with Gasteiger partial charge in [0.1, 0.15) is 6.61 Å². The van der Waals surface area contributed by atoms with Gasteiger partial charge in [-0.2, -0.15) is 0 Å². The number of nitrogens with two attached hydrogens (primary N) is 1. The van der Waals surface area contributed by atoms with Crippen molar-refractivity contribution in [3.05, 3.63) is 35.9 Å². The number of carboxylic acid groups (broad SMARTS) is 1. The van der Waals surface area contributed by atoms with Crippen LogP contribution in [-0.4, -0.2) is 41.2 Å². The third-order valence-electron chi connectivity index (χ3n) is 3.45. The van der Waals surface area contributed by atoms with Crippen LogP contribution in [0.3, 0.4) is 0 Å². The quantitative estimate of drug-likeness (QED) is 0.862. The number of hydrogen-bond acceptors (Lipinski definition) is 4. The topological polar surface area (TPSA) is 92.9 Å². The molecule has 1 aliphatic heterocycles. The summed E-state index contributed by atoms with van der Waals surface area (Å²) in [6.45, 7) is 0.711. The molecule has 0 radical (unpaired) electrons. The molecule has 0 bridgehead atoms. The van der Waals surface area contributed by atoms with Gasteiger partial charge >= 0.3 is 12.1 Å². The first-order chi connectivity index (χ1) is 9.58. The van der Waals surface area contributed by atoms with Crippen LogP contribution >= 0.6 is 0 Å². The maximum Gasteiger partial charge on any atom is 0.410 e. The molecule has 0 aromatic heterocycles. The summed E-state index contributed by atoms with van der Waals surface area (Å²) < 4.78 is 5.18. The molecule has 3 N–H and O–H groups in total. The molecule has 1 aromatic rings. The first-order valence-electron chi connectivity index (χ1n) is 6.52. The number of rotatable bonds is 3. The minimum atomic E-state index is -0.974. The molecule has 1 fully saturated rings. The van der Waals surface area contributed by atoms with E-state index in [0.717, 1.165) is 5.56 Å². The number of piperidine rings is 1. The first kappa shape index (κ1) is 14.3. The van der Waals surface area contributed by atoms with E-state index in [1.165, 1.54) is 4.90 Å². The van der Waals surface area contributed by atoms with Gasteiger partial charge in [0.2, 0.25) is 0 Å². The third-order valence-corrected chi connectivity index (χ3v) is 3.45. The molecule has 6 nitrogen and oxygen atoms in total. The molecule has 1 aliphatic rings. The minimum absolute atomic E-state index is 0.101. The van der Waals surface area contributed by atoms with E-state index >= 15 is 0 Å². The molecular formula is C14H18N2O4. The van der Waals surface area contributed by atoms with Gasteiger partial charge in [-0.05, 0) is 12.0 Å². The van der Waals surface area contributed by atoms with Gasteiger partial charge in [0.05, 0.1) is 5.92 Å². The van der Waals surface area contributed by atoms with Crippen LogP contribution in [0.5, 0.6) is 0 Å². The van der Waals surface area contributed by atoms with Crippen molar-refractivity contribution >= 4 is 12.1 Å². The monoisotopic (exact) mass is 278 g/mol. The fourth-order valence-electron chi connectivity index (χ4n) is 2.21. The number of ether oxygens (including phenoxy) is 1. The number of likely N-dealkylation sites (tertiary alicyclic amines) is 1.